The number of ether oxygens (including phenoxy) is 1. The SMILES string of the molecule is COC1(C#CC(=O)C(C)C)CCCCC1. The van der Waals surface area contributed by atoms with Crippen molar-refractivity contribution in [2.24, 2.45) is 5.92 Å². The van der Waals surface area contributed by atoms with E-state index < -0.39 is 0 Å². The molecule has 0 amide bonds. The lowest BCUT2D eigenvalue weighted by atomic mass is 9.85. The van der Waals surface area contributed by atoms with Gasteiger partial charge in [-0.1, -0.05) is 26.2 Å². The highest BCUT2D eigenvalue weighted by atomic mass is 16.5. The summed E-state index contributed by atoms with van der Waals surface area (Å²) in [7, 11) is 1.69. The quantitative estimate of drug-likeness (QED) is 0.515. The Bertz CT molecular complexity index is 275. The van der Waals surface area contributed by atoms with E-state index in [0.29, 0.717) is 0 Å². The summed E-state index contributed by atoms with van der Waals surface area (Å²) in [4.78, 5) is 11.4. The highest BCUT2D eigenvalue weighted by Gasteiger charge is 2.29. The predicted molar refractivity (Wildman–Crippen MR) is 60.4 cm³/mol. The maximum absolute atomic E-state index is 11.4. The number of methoxy groups -OCH3 is 1. The molecule has 84 valence electrons. The molecule has 0 atom stereocenters. The molecule has 15 heavy (non-hydrogen) atoms. The van der Waals surface area contributed by atoms with Gasteiger partial charge in [0.25, 0.3) is 0 Å². The normalized spacial score (nSPS) is 19.5. The average Bonchev–Trinajstić information content (AvgIpc) is 2.27. The van der Waals surface area contributed by atoms with Crippen LogP contribution in [0.2, 0.25) is 0 Å². The van der Waals surface area contributed by atoms with Crippen molar-refractivity contribution in [3.63, 3.8) is 0 Å². The van der Waals surface area contributed by atoms with Crippen LogP contribution in [0.1, 0.15) is 46.0 Å². The first kappa shape index (κ1) is 12.3. The first-order chi connectivity index (χ1) is 7.09. The molecular formula is C13H20O2. The zero-order valence-corrected chi connectivity index (χ0v) is 9.93. The van der Waals surface area contributed by atoms with Crippen LogP contribution in [0.5, 0.6) is 0 Å². The van der Waals surface area contributed by atoms with Crippen LogP contribution in [0.15, 0.2) is 0 Å². The van der Waals surface area contributed by atoms with Crippen LogP contribution in [0, 0.1) is 17.8 Å². The zero-order valence-electron chi connectivity index (χ0n) is 9.93. The lowest BCUT2D eigenvalue weighted by Crippen LogP contribution is -2.32. The Morgan fingerprint density at radius 3 is 2.33 bits per heavy atom. The Morgan fingerprint density at radius 1 is 1.27 bits per heavy atom. The largest absolute Gasteiger partial charge is 0.366 e. The minimum Gasteiger partial charge on any atom is -0.366 e. The number of carbonyl (C=O) groups is 1. The van der Waals surface area contributed by atoms with Crippen molar-refractivity contribution in [1.82, 2.24) is 0 Å². The van der Waals surface area contributed by atoms with Gasteiger partial charge < -0.3 is 4.74 Å². The highest BCUT2D eigenvalue weighted by molar-refractivity contribution is 5.97. The van der Waals surface area contributed by atoms with Gasteiger partial charge in [0.05, 0.1) is 0 Å². The third-order valence-corrected chi connectivity index (χ3v) is 2.99. The second-order valence-electron chi connectivity index (χ2n) is 4.53. The molecule has 0 heterocycles. The molecule has 0 N–H and O–H groups in total. The molecule has 0 aliphatic heterocycles. The van der Waals surface area contributed by atoms with Crippen LogP contribution in [0.4, 0.5) is 0 Å². The standard InChI is InChI=1S/C13H20O2/c1-11(2)12(14)7-10-13(15-3)8-5-4-6-9-13/h11H,4-6,8-9H2,1-3H3. The van der Waals surface area contributed by atoms with Gasteiger partial charge in [-0.2, -0.15) is 0 Å². The summed E-state index contributed by atoms with van der Waals surface area (Å²) in [6, 6.07) is 0. The molecule has 1 rings (SSSR count). The Kier molecular flexibility index (Phi) is 4.35. The maximum Gasteiger partial charge on any atom is 0.208 e. The number of hydrogen-bond donors (Lipinski definition) is 0. The zero-order chi connectivity index (χ0) is 11.3. The Hall–Kier alpha value is -0.810. The maximum atomic E-state index is 11.4. The molecule has 0 aromatic carbocycles. The second kappa shape index (κ2) is 5.32. The van der Waals surface area contributed by atoms with E-state index in [-0.39, 0.29) is 17.3 Å². The Labute approximate surface area is 92.4 Å². The van der Waals surface area contributed by atoms with Crippen molar-refractivity contribution in [2.45, 2.75) is 51.6 Å². The molecule has 0 spiro atoms. The topological polar surface area (TPSA) is 26.3 Å². The van der Waals surface area contributed by atoms with Crippen LogP contribution in [-0.4, -0.2) is 18.5 Å². The summed E-state index contributed by atoms with van der Waals surface area (Å²) >= 11 is 0. The number of hydrogen-bond acceptors (Lipinski definition) is 2. The minimum absolute atomic E-state index is 0.00463. The van der Waals surface area contributed by atoms with Gasteiger partial charge in [-0.25, -0.2) is 0 Å². The summed E-state index contributed by atoms with van der Waals surface area (Å²) in [5.41, 5.74) is -0.344. The lowest BCUT2D eigenvalue weighted by Gasteiger charge is -2.30. The van der Waals surface area contributed by atoms with Crippen LogP contribution in [0.3, 0.4) is 0 Å². The summed E-state index contributed by atoms with van der Waals surface area (Å²) in [5.74, 6) is 5.78. The molecule has 0 saturated heterocycles. The fourth-order valence-corrected chi connectivity index (χ4v) is 1.82. The third kappa shape index (κ3) is 3.35. The van der Waals surface area contributed by atoms with Gasteiger partial charge in [-0.15, -0.1) is 0 Å². The van der Waals surface area contributed by atoms with E-state index in [1.54, 1.807) is 7.11 Å². The molecule has 0 aromatic rings. The predicted octanol–water partition coefficient (Wildman–Crippen LogP) is 2.56. The number of Topliss-reactive ketones (excluding diaryl/α,β-unsaturated/α-hetero) is 1. The van der Waals surface area contributed by atoms with E-state index in [9.17, 15) is 4.79 Å². The molecule has 2 heteroatoms. The summed E-state index contributed by atoms with van der Waals surface area (Å²) in [6.45, 7) is 3.74. The van der Waals surface area contributed by atoms with Gasteiger partial charge in [-0.3, -0.25) is 4.79 Å². The molecule has 1 fully saturated rings. The molecule has 0 bridgehead atoms. The van der Waals surface area contributed by atoms with Crippen molar-refractivity contribution in [3.8, 4) is 11.8 Å². The summed E-state index contributed by atoms with van der Waals surface area (Å²) < 4.78 is 5.48. The molecule has 1 aliphatic carbocycles. The van der Waals surface area contributed by atoms with Crippen LogP contribution < -0.4 is 0 Å². The van der Waals surface area contributed by atoms with Crippen molar-refractivity contribution < 1.29 is 9.53 Å². The van der Waals surface area contributed by atoms with Crippen molar-refractivity contribution in [2.75, 3.05) is 7.11 Å². The van der Waals surface area contributed by atoms with E-state index >= 15 is 0 Å². The van der Waals surface area contributed by atoms with Gasteiger partial charge in [0.2, 0.25) is 5.78 Å². The van der Waals surface area contributed by atoms with Gasteiger partial charge in [-0.05, 0) is 31.6 Å². The van der Waals surface area contributed by atoms with Gasteiger partial charge in [0.1, 0.15) is 5.60 Å². The summed E-state index contributed by atoms with van der Waals surface area (Å²) in [5, 5.41) is 0. The fourth-order valence-electron chi connectivity index (χ4n) is 1.82. The smallest absolute Gasteiger partial charge is 0.208 e. The molecular weight excluding hydrogens is 188 g/mol. The molecule has 1 saturated carbocycles. The van der Waals surface area contributed by atoms with E-state index in [1.165, 1.54) is 6.42 Å². The van der Waals surface area contributed by atoms with Gasteiger partial charge in [0.15, 0.2) is 0 Å². The monoisotopic (exact) mass is 208 g/mol. The fraction of sp³-hybridized carbons (Fsp3) is 0.769. The molecule has 0 unspecified atom stereocenters. The summed E-state index contributed by atoms with van der Waals surface area (Å²) in [6.07, 6.45) is 5.48. The van der Waals surface area contributed by atoms with Crippen LogP contribution in [-0.2, 0) is 9.53 Å². The Morgan fingerprint density at radius 2 is 1.87 bits per heavy atom. The first-order valence-corrected chi connectivity index (χ1v) is 5.72. The number of ketones is 1. The third-order valence-electron chi connectivity index (χ3n) is 2.99. The van der Waals surface area contributed by atoms with Crippen molar-refractivity contribution in [1.29, 1.82) is 0 Å². The minimum atomic E-state index is -0.344. The van der Waals surface area contributed by atoms with Crippen LogP contribution >= 0.6 is 0 Å². The highest BCUT2D eigenvalue weighted by Crippen LogP contribution is 2.30. The van der Waals surface area contributed by atoms with Crippen molar-refractivity contribution >= 4 is 5.78 Å². The average molecular weight is 208 g/mol. The van der Waals surface area contributed by atoms with E-state index in [0.717, 1.165) is 25.7 Å². The van der Waals surface area contributed by atoms with Gasteiger partial charge >= 0.3 is 0 Å². The molecule has 0 aromatic heterocycles. The van der Waals surface area contributed by atoms with Gasteiger partial charge in [0, 0.05) is 13.0 Å². The molecule has 1 aliphatic rings. The Balaban J connectivity index is 2.70. The second-order valence-corrected chi connectivity index (χ2v) is 4.53. The van der Waals surface area contributed by atoms with E-state index in [2.05, 4.69) is 11.8 Å². The van der Waals surface area contributed by atoms with E-state index in [1.807, 2.05) is 13.8 Å². The first-order valence-electron chi connectivity index (χ1n) is 5.72. The molecule has 0 radical (unpaired) electrons. The molecule has 2 nitrogen and oxygen atoms in total. The lowest BCUT2D eigenvalue weighted by molar-refractivity contribution is -0.116. The van der Waals surface area contributed by atoms with Crippen LogP contribution in [0.25, 0.3) is 0 Å². The number of carbonyl (C=O) groups excluding carboxylic acids is 1. The number of rotatable bonds is 2. The van der Waals surface area contributed by atoms with Crippen molar-refractivity contribution in [3.05, 3.63) is 0 Å². The van der Waals surface area contributed by atoms with E-state index in [4.69, 9.17) is 4.74 Å².